The molecule has 1 amide bonds. The SMILES string of the molecule is CN(Cc1nc2ccccc2c(=O)[nH]1)C(=O)c1cn2ccccc2n1. The van der Waals surface area contributed by atoms with Gasteiger partial charge in [0.15, 0.2) is 0 Å². The quantitative estimate of drug-likeness (QED) is 0.620. The number of nitrogens with zero attached hydrogens (tertiary/aromatic N) is 4. The number of aromatic nitrogens is 4. The number of H-pyrrole nitrogens is 1. The van der Waals surface area contributed by atoms with Gasteiger partial charge in [0.2, 0.25) is 0 Å². The van der Waals surface area contributed by atoms with E-state index in [0.717, 1.165) is 0 Å². The number of rotatable bonds is 3. The van der Waals surface area contributed by atoms with Crippen LogP contribution in [0.4, 0.5) is 0 Å². The van der Waals surface area contributed by atoms with Crippen molar-refractivity contribution >= 4 is 22.5 Å². The zero-order valence-electron chi connectivity index (χ0n) is 13.5. The lowest BCUT2D eigenvalue weighted by Gasteiger charge is -2.15. The zero-order chi connectivity index (χ0) is 17.4. The Morgan fingerprint density at radius 3 is 2.80 bits per heavy atom. The maximum absolute atomic E-state index is 12.6. The van der Waals surface area contributed by atoms with Crippen molar-refractivity contribution in [2.75, 3.05) is 7.05 Å². The molecule has 7 heteroatoms. The minimum Gasteiger partial charge on any atom is -0.333 e. The summed E-state index contributed by atoms with van der Waals surface area (Å²) in [4.78, 5) is 37.7. The lowest BCUT2D eigenvalue weighted by atomic mass is 10.2. The summed E-state index contributed by atoms with van der Waals surface area (Å²) in [5.41, 5.74) is 1.44. The van der Waals surface area contributed by atoms with Crippen molar-refractivity contribution in [2.45, 2.75) is 6.54 Å². The molecule has 0 aliphatic carbocycles. The Bertz CT molecular complexity index is 1110. The average molecular weight is 333 g/mol. The van der Waals surface area contributed by atoms with E-state index in [4.69, 9.17) is 0 Å². The minimum absolute atomic E-state index is 0.187. The van der Waals surface area contributed by atoms with Crippen molar-refractivity contribution in [3.05, 3.63) is 76.7 Å². The molecular formula is C18H15N5O2. The van der Waals surface area contributed by atoms with Crippen molar-refractivity contribution in [3.63, 3.8) is 0 Å². The Morgan fingerprint density at radius 1 is 1.16 bits per heavy atom. The molecule has 1 aromatic carbocycles. The molecule has 0 aliphatic heterocycles. The predicted octanol–water partition coefficient (Wildman–Crippen LogP) is 1.84. The predicted molar refractivity (Wildman–Crippen MR) is 93.4 cm³/mol. The Balaban J connectivity index is 1.61. The van der Waals surface area contributed by atoms with Crippen LogP contribution in [-0.2, 0) is 6.54 Å². The Labute approximate surface area is 142 Å². The van der Waals surface area contributed by atoms with E-state index in [1.807, 2.05) is 30.5 Å². The molecule has 1 N–H and O–H groups in total. The van der Waals surface area contributed by atoms with E-state index in [9.17, 15) is 9.59 Å². The number of pyridine rings is 1. The molecular weight excluding hydrogens is 318 g/mol. The molecule has 0 saturated carbocycles. The van der Waals surface area contributed by atoms with Gasteiger partial charge in [0.1, 0.15) is 17.2 Å². The number of fused-ring (bicyclic) bond motifs is 2. The normalized spacial score (nSPS) is 11.1. The van der Waals surface area contributed by atoms with Crippen molar-refractivity contribution in [1.29, 1.82) is 0 Å². The second-order valence-corrected chi connectivity index (χ2v) is 5.78. The maximum Gasteiger partial charge on any atom is 0.274 e. The summed E-state index contributed by atoms with van der Waals surface area (Å²) >= 11 is 0. The van der Waals surface area contributed by atoms with Gasteiger partial charge < -0.3 is 14.3 Å². The summed E-state index contributed by atoms with van der Waals surface area (Å²) in [6.07, 6.45) is 3.52. The van der Waals surface area contributed by atoms with Gasteiger partial charge >= 0.3 is 0 Å². The van der Waals surface area contributed by atoms with Gasteiger partial charge in [-0.2, -0.15) is 0 Å². The highest BCUT2D eigenvalue weighted by Gasteiger charge is 2.17. The fourth-order valence-corrected chi connectivity index (χ4v) is 2.74. The molecule has 7 nitrogen and oxygen atoms in total. The van der Waals surface area contributed by atoms with E-state index in [-0.39, 0.29) is 18.0 Å². The number of para-hydroxylation sites is 1. The third-order valence-electron chi connectivity index (χ3n) is 3.98. The first kappa shape index (κ1) is 15.1. The number of carbonyl (C=O) groups excluding carboxylic acids is 1. The van der Waals surface area contributed by atoms with E-state index in [2.05, 4.69) is 15.0 Å². The van der Waals surface area contributed by atoms with E-state index in [1.165, 1.54) is 4.90 Å². The Kier molecular flexibility index (Phi) is 3.53. The molecule has 0 radical (unpaired) electrons. The van der Waals surface area contributed by atoms with Crippen LogP contribution in [0.1, 0.15) is 16.3 Å². The smallest absolute Gasteiger partial charge is 0.274 e. The molecule has 0 fully saturated rings. The van der Waals surface area contributed by atoms with Gasteiger partial charge in [-0.05, 0) is 24.3 Å². The molecule has 3 heterocycles. The molecule has 0 bridgehead atoms. The first-order valence-corrected chi connectivity index (χ1v) is 7.79. The third-order valence-corrected chi connectivity index (χ3v) is 3.98. The Morgan fingerprint density at radius 2 is 1.96 bits per heavy atom. The van der Waals surface area contributed by atoms with Gasteiger partial charge in [-0.15, -0.1) is 0 Å². The molecule has 0 spiro atoms. The van der Waals surface area contributed by atoms with Gasteiger partial charge in [-0.1, -0.05) is 18.2 Å². The van der Waals surface area contributed by atoms with E-state index in [1.54, 1.807) is 35.8 Å². The Hall–Kier alpha value is -3.48. The topological polar surface area (TPSA) is 83.4 Å². The van der Waals surface area contributed by atoms with Gasteiger partial charge in [0.25, 0.3) is 11.5 Å². The van der Waals surface area contributed by atoms with Crippen molar-refractivity contribution in [2.24, 2.45) is 0 Å². The number of hydrogen-bond acceptors (Lipinski definition) is 4. The monoisotopic (exact) mass is 333 g/mol. The molecule has 4 aromatic rings. The number of benzene rings is 1. The fraction of sp³-hybridized carbons (Fsp3) is 0.111. The molecule has 124 valence electrons. The number of nitrogens with one attached hydrogen (secondary N) is 1. The molecule has 25 heavy (non-hydrogen) atoms. The molecule has 0 atom stereocenters. The zero-order valence-corrected chi connectivity index (χ0v) is 13.5. The summed E-state index contributed by atoms with van der Waals surface area (Å²) in [6.45, 7) is 0.187. The second-order valence-electron chi connectivity index (χ2n) is 5.78. The van der Waals surface area contributed by atoms with Crippen LogP contribution >= 0.6 is 0 Å². The number of imidazole rings is 1. The molecule has 0 saturated heterocycles. The van der Waals surface area contributed by atoms with Gasteiger partial charge in [-0.25, -0.2) is 9.97 Å². The van der Waals surface area contributed by atoms with E-state index >= 15 is 0 Å². The van der Waals surface area contributed by atoms with Crippen LogP contribution in [-0.4, -0.2) is 37.2 Å². The van der Waals surface area contributed by atoms with Crippen LogP contribution in [0.25, 0.3) is 16.6 Å². The van der Waals surface area contributed by atoms with Crippen LogP contribution in [0.3, 0.4) is 0 Å². The van der Waals surface area contributed by atoms with Crippen molar-refractivity contribution < 1.29 is 4.79 Å². The van der Waals surface area contributed by atoms with E-state index in [0.29, 0.717) is 28.1 Å². The molecule has 4 rings (SSSR count). The van der Waals surface area contributed by atoms with Crippen LogP contribution in [0.15, 0.2) is 59.7 Å². The number of carbonyl (C=O) groups is 1. The highest BCUT2D eigenvalue weighted by molar-refractivity contribution is 5.92. The van der Waals surface area contributed by atoms with E-state index < -0.39 is 0 Å². The van der Waals surface area contributed by atoms with Crippen LogP contribution < -0.4 is 5.56 Å². The first-order valence-electron chi connectivity index (χ1n) is 7.79. The maximum atomic E-state index is 12.6. The van der Waals surface area contributed by atoms with Gasteiger partial charge in [0.05, 0.1) is 17.4 Å². The van der Waals surface area contributed by atoms with Gasteiger partial charge in [0, 0.05) is 19.4 Å². The molecule has 0 aliphatic rings. The lowest BCUT2D eigenvalue weighted by molar-refractivity contribution is 0.0776. The summed E-state index contributed by atoms with van der Waals surface area (Å²) in [5, 5.41) is 0.528. The van der Waals surface area contributed by atoms with Crippen molar-refractivity contribution in [3.8, 4) is 0 Å². The summed E-state index contributed by atoms with van der Waals surface area (Å²) in [5.74, 6) is 0.197. The lowest BCUT2D eigenvalue weighted by Crippen LogP contribution is -2.28. The third kappa shape index (κ3) is 2.76. The summed E-state index contributed by atoms with van der Waals surface area (Å²) in [7, 11) is 1.65. The minimum atomic E-state index is -0.237. The highest BCUT2D eigenvalue weighted by atomic mass is 16.2. The summed E-state index contributed by atoms with van der Waals surface area (Å²) < 4.78 is 1.79. The average Bonchev–Trinajstić information content (AvgIpc) is 3.05. The largest absolute Gasteiger partial charge is 0.333 e. The molecule has 0 unspecified atom stereocenters. The molecule has 3 aromatic heterocycles. The first-order chi connectivity index (χ1) is 12.1. The van der Waals surface area contributed by atoms with Gasteiger partial charge in [-0.3, -0.25) is 9.59 Å². The number of hydrogen-bond donors (Lipinski definition) is 1. The number of amides is 1. The number of aromatic amines is 1. The standard InChI is InChI=1S/C18H15N5O2/c1-22(18(25)14-10-23-9-5-4-8-16(23)20-14)11-15-19-13-7-3-2-6-12(13)17(24)21-15/h2-10H,11H2,1H3,(H,19,21,24). The van der Waals surface area contributed by atoms with Crippen LogP contribution in [0, 0.1) is 0 Å². The van der Waals surface area contributed by atoms with Crippen molar-refractivity contribution in [1.82, 2.24) is 24.3 Å². The van der Waals surface area contributed by atoms with Crippen LogP contribution in [0.2, 0.25) is 0 Å². The summed E-state index contributed by atoms with van der Waals surface area (Å²) in [6, 6.07) is 12.7. The second kappa shape index (κ2) is 5.86. The van der Waals surface area contributed by atoms with Crippen LogP contribution in [0.5, 0.6) is 0 Å². The fourth-order valence-electron chi connectivity index (χ4n) is 2.74. The highest BCUT2D eigenvalue weighted by Crippen LogP contribution is 2.10.